The van der Waals surface area contributed by atoms with E-state index in [1.807, 2.05) is 0 Å². The molecule has 0 spiro atoms. The van der Waals surface area contributed by atoms with Crippen LogP contribution in [-0.4, -0.2) is 48.4 Å². The Hall–Kier alpha value is -4.21. The zero-order valence-electron chi connectivity index (χ0n) is 28.2. The summed E-state index contributed by atoms with van der Waals surface area (Å²) in [7, 11) is -3.35. The molecule has 0 aliphatic rings. The van der Waals surface area contributed by atoms with Gasteiger partial charge in [0.05, 0.1) is 30.9 Å². The molecule has 0 aromatic heterocycles. The van der Waals surface area contributed by atoms with E-state index in [4.69, 9.17) is 34.5 Å². The molecule has 4 N–H and O–H groups in total. The van der Waals surface area contributed by atoms with Gasteiger partial charge in [-0.25, -0.2) is 9.59 Å². The van der Waals surface area contributed by atoms with Crippen molar-refractivity contribution in [3.63, 3.8) is 0 Å². The van der Waals surface area contributed by atoms with Crippen molar-refractivity contribution in [1.82, 2.24) is 0 Å². The fourth-order valence-corrected chi connectivity index (χ4v) is 12.8. The van der Waals surface area contributed by atoms with Crippen molar-refractivity contribution in [3.8, 4) is 11.5 Å². The molecule has 0 aliphatic heterocycles. The smallest absolute Gasteiger partial charge is 0.426 e. The summed E-state index contributed by atoms with van der Waals surface area (Å²) in [5, 5.41) is 0. The zero-order valence-corrected chi connectivity index (χ0v) is 30.2. The van der Waals surface area contributed by atoms with Crippen molar-refractivity contribution in [1.29, 1.82) is 0 Å². The highest BCUT2D eigenvalue weighted by Gasteiger charge is 2.34. The van der Waals surface area contributed by atoms with Gasteiger partial charge in [-0.3, -0.25) is 0 Å². The highest BCUT2D eigenvalue weighted by Crippen LogP contribution is 2.33. The number of rotatable bonds is 18. The number of anilines is 2. The van der Waals surface area contributed by atoms with Gasteiger partial charge in [0.25, 0.3) is 0 Å². The molecular weight excluding hydrogens is 655 g/mol. The number of ether oxygens (including phenoxy) is 4. The van der Waals surface area contributed by atoms with Crippen molar-refractivity contribution in [2.75, 3.05) is 31.3 Å². The Kier molecular flexibility index (Phi) is 13.8. The number of nitrogens with two attached hydrogens (primary N) is 2. The second-order valence-electron chi connectivity index (χ2n) is 12.9. The van der Waals surface area contributed by atoms with E-state index in [0.29, 0.717) is 42.1 Å². The second-order valence-corrected chi connectivity index (χ2v) is 21.9. The summed E-state index contributed by atoms with van der Waals surface area (Å²) < 4.78 is 57.2. The van der Waals surface area contributed by atoms with Crippen LogP contribution in [0.15, 0.2) is 72.8 Å². The van der Waals surface area contributed by atoms with E-state index in [2.05, 4.69) is 32.7 Å². The number of benzene rings is 3. The van der Waals surface area contributed by atoms with E-state index >= 15 is 0 Å². The molecule has 0 fully saturated rings. The van der Waals surface area contributed by atoms with Crippen LogP contribution in [0.4, 0.5) is 20.2 Å². The molecule has 3 aromatic rings. The SMILES string of the molecule is C[Si](C)(C)O[Si](C)(C)CCCOc1ccc(C(F)(F)Oc2ccc(C=CC(=O)OCCCCOC(=O)c3cc(N)cc(N)c3)cc2)cc1. The standard InChI is InChI=1S/C35H46F2N2O7Si2/c1-47(2,3)46-48(4,5)22-8-21-42-31-16-12-28(13-17-31)35(36,37)45-32-14-9-26(10-15-32)11-18-33(40)43-19-6-7-20-44-34(41)27-23-29(38)25-30(39)24-27/h9-18,23-25H,6-8,19-22,38-39H2,1-5H3. The third kappa shape index (κ3) is 13.9. The number of carbonyl (C=O) groups is 2. The van der Waals surface area contributed by atoms with Crippen LogP contribution in [0.25, 0.3) is 6.08 Å². The van der Waals surface area contributed by atoms with Crippen molar-refractivity contribution in [2.45, 2.75) is 64.2 Å². The number of alkyl halides is 2. The third-order valence-electron chi connectivity index (χ3n) is 6.73. The first kappa shape index (κ1) is 38.2. The molecule has 9 nitrogen and oxygen atoms in total. The first-order chi connectivity index (χ1) is 22.5. The van der Waals surface area contributed by atoms with Gasteiger partial charge in [0.15, 0.2) is 16.6 Å². The third-order valence-corrected chi connectivity index (χ3v) is 12.9. The summed E-state index contributed by atoms with van der Waals surface area (Å²) in [5.74, 6) is -0.628. The van der Waals surface area contributed by atoms with Crippen molar-refractivity contribution in [2.24, 2.45) is 0 Å². The van der Waals surface area contributed by atoms with Crippen LogP contribution in [-0.2, 0) is 24.5 Å². The van der Waals surface area contributed by atoms with Gasteiger partial charge in [0.2, 0.25) is 0 Å². The normalized spacial score (nSPS) is 12.1. The summed E-state index contributed by atoms with van der Waals surface area (Å²) in [5.41, 5.74) is 12.7. The maximum Gasteiger partial charge on any atom is 0.426 e. The van der Waals surface area contributed by atoms with E-state index in [0.717, 1.165) is 12.5 Å². The van der Waals surface area contributed by atoms with Gasteiger partial charge in [-0.15, -0.1) is 0 Å². The predicted octanol–water partition coefficient (Wildman–Crippen LogP) is 8.00. The second kappa shape index (κ2) is 17.3. The maximum atomic E-state index is 14.9. The van der Waals surface area contributed by atoms with Gasteiger partial charge in [-0.05, 0) is 124 Å². The average molecular weight is 701 g/mol. The number of unbranched alkanes of at least 4 members (excludes halogenated alkanes) is 1. The Morgan fingerprint density at radius 2 is 1.35 bits per heavy atom. The lowest BCUT2D eigenvalue weighted by atomic mass is 10.2. The number of nitrogen functional groups attached to an aromatic ring is 2. The van der Waals surface area contributed by atoms with Crippen LogP contribution in [0.2, 0.25) is 38.8 Å². The molecule has 0 radical (unpaired) electrons. The molecule has 0 bridgehead atoms. The van der Waals surface area contributed by atoms with Crippen LogP contribution < -0.4 is 20.9 Å². The summed E-state index contributed by atoms with van der Waals surface area (Å²) in [6.07, 6.45) is 0.981. The number of hydrogen-bond donors (Lipinski definition) is 2. The van der Waals surface area contributed by atoms with Gasteiger partial charge in [-0.1, -0.05) is 12.1 Å². The van der Waals surface area contributed by atoms with Crippen molar-refractivity contribution in [3.05, 3.63) is 89.5 Å². The highest BCUT2D eigenvalue weighted by molar-refractivity contribution is 6.84. The maximum absolute atomic E-state index is 14.9. The molecule has 0 saturated carbocycles. The quantitative estimate of drug-likeness (QED) is 0.0445. The topological polar surface area (TPSA) is 132 Å². The van der Waals surface area contributed by atoms with Crippen molar-refractivity contribution >= 4 is 46.0 Å². The van der Waals surface area contributed by atoms with Crippen LogP contribution in [0.1, 0.15) is 40.7 Å². The van der Waals surface area contributed by atoms with Gasteiger partial charge in [-0.2, -0.15) is 8.78 Å². The summed E-state index contributed by atoms with van der Waals surface area (Å²) in [6.45, 7) is 11.7. The van der Waals surface area contributed by atoms with Gasteiger partial charge in [0.1, 0.15) is 11.5 Å². The predicted molar refractivity (Wildman–Crippen MR) is 189 cm³/mol. The Morgan fingerprint density at radius 3 is 1.96 bits per heavy atom. The lowest BCUT2D eigenvalue weighted by molar-refractivity contribution is -0.185. The van der Waals surface area contributed by atoms with Crippen LogP contribution in [0.3, 0.4) is 0 Å². The van der Waals surface area contributed by atoms with Crippen LogP contribution in [0.5, 0.6) is 11.5 Å². The zero-order chi connectivity index (χ0) is 35.4. The van der Waals surface area contributed by atoms with Gasteiger partial charge >= 0.3 is 18.0 Å². The van der Waals surface area contributed by atoms with E-state index in [-0.39, 0.29) is 30.1 Å². The van der Waals surface area contributed by atoms with E-state index in [1.165, 1.54) is 60.7 Å². The fourth-order valence-electron chi connectivity index (χ4n) is 4.80. The molecule has 3 aromatic carbocycles. The molecule has 0 saturated heterocycles. The molecule has 0 heterocycles. The van der Waals surface area contributed by atoms with Crippen LogP contribution in [0, 0.1) is 0 Å². The Morgan fingerprint density at radius 1 is 0.771 bits per heavy atom. The average Bonchev–Trinajstić information content (AvgIpc) is 2.99. The lowest BCUT2D eigenvalue weighted by Crippen LogP contribution is -2.42. The molecular formula is C35H46F2N2O7Si2. The molecule has 0 unspecified atom stereocenters. The number of esters is 2. The summed E-state index contributed by atoms with van der Waals surface area (Å²) in [4.78, 5) is 24.1. The van der Waals surface area contributed by atoms with Gasteiger partial charge < -0.3 is 34.5 Å². The molecule has 0 aliphatic carbocycles. The van der Waals surface area contributed by atoms with Crippen LogP contribution >= 0.6 is 0 Å². The first-order valence-electron chi connectivity index (χ1n) is 15.8. The Labute approximate surface area is 283 Å². The minimum Gasteiger partial charge on any atom is -0.494 e. The first-order valence-corrected chi connectivity index (χ1v) is 22.3. The molecule has 48 heavy (non-hydrogen) atoms. The van der Waals surface area contributed by atoms with E-state index in [9.17, 15) is 18.4 Å². The lowest BCUT2D eigenvalue weighted by Gasteiger charge is -2.31. The summed E-state index contributed by atoms with van der Waals surface area (Å²) in [6, 6.07) is 16.9. The molecule has 260 valence electrons. The summed E-state index contributed by atoms with van der Waals surface area (Å²) >= 11 is 0. The Balaban J connectivity index is 1.36. The number of hydrogen-bond acceptors (Lipinski definition) is 9. The number of carbonyl (C=O) groups excluding carboxylic acids is 2. The molecule has 0 atom stereocenters. The van der Waals surface area contributed by atoms with Crippen molar-refractivity contribution < 1.29 is 41.4 Å². The monoisotopic (exact) mass is 700 g/mol. The largest absolute Gasteiger partial charge is 0.494 e. The fraction of sp³-hybridized carbons (Fsp3) is 0.371. The number of halogens is 2. The minimum atomic E-state index is -3.56. The molecule has 0 amide bonds. The highest BCUT2D eigenvalue weighted by atomic mass is 28.4. The van der Waals surface area contributed by atoms with Gasteiger partial charge in [0, 0.05) is 17.5 Å². The Bertz CT molecular complexity index is 1510. The molecule has 13 heteroatoms. The van der Waals surface area contributed by atoms with E-state index < -0.39 is 34.7 Å². The molecule has 3 rings (SSSR count). The van der Waals surface area contributed by atoms with E-state index in [1.54, 1.807) is 18.2 Å². The minimum absolute atomic E-state index is 0.0349.